The fourth-order valence-corrected chi connectivity index (χ4v) is 1.88. The number of carbonyl (C=O) groups excluding carboxylic acids is 1. The Labute approximate surface area is 99.9 Å². The van der Waals surface area contributed by atoms with Crippen molar-refractivity contribution in [1.29, 1.82) is 0 Å². The molecular formula is C11H18N4O2. The maximum Gasteiger partial charge on any atom is 0.254 e. The van der Waals surface area contributed by atoms with Gasteiger partial charge in [-0.25, -0.2) is 0 Å². The third kappa shape index (κ3) is 2.48. The summed E-state index contributed by atoms with van der Waals surface area (Å²) in [6, 6.07) is 0. The minimum atomic E-state index is -0.403. The van der Waals surface area contributed by atoms with E-state index < -0.39 is 6.10 Å². The topological polar surface area (TPSA) is 93.0 Å². The summed E-state index contributed by atoms with van der Waals surface area (Å²) >= 11 is 0. The fraction of sp³-hybridized carbons (Fsp3) is 0.636. The molecule has 6 heteroatoms. The van der Waals surface area contributed by atoms with E-state index in [9.17, 15) is 4.79 Å². The van der Waals surface area contributed by atoms with Crippen molar-refractivity contribution in [3.05, 3.63) is 11.3 Å². The van der Waals surface area contributed by atoms with Gasteiger partial charge in [0, 0.05) is 17.8 Å². The van der Waals surface area contributed by atoms with E-state index >= 15 is 0 Å². The van der Waals surface area contributed by atoms with Crippen molar-refractivity contribution in [1.82, 2.24) is 10.2 Å². The van der Waals surface area contributed by atoms with Gasteiger partial charge in [-0.3, -0.25) is 9.89 Å². The molecule has 0 bridgehead atoms. The van der Waals surface area contributed by atoms with Crippen molar-refractivity contribution in [2.75, 3.05) is 11.9 Å². The maximum absolute atomic E-state index is 11.9. The van der Waals surface area contributed by atoms with Crippen LogP contribution in [0.3, 0.4) is 0 Å². The first kappa shape index (κ1) is 12.1. The SMILES string of the molecule is Cc1[nH]nc(NC(=O)C2CCC(CN)O2)c1C. The van der Waals surface area contributed by atoms with Gasteiger partial charge < -0.3 is 15.8 Å². The van der Waals surface area contributed by atoms with E-state index in [1.807, 2.05) is 13.8 Å². The predicted octanol–water partition coefficient (Wildman–Crippen LogP) is 0.471. The summed E-state index contributed by atoms with van der Waals surface area (Å²) in [5.74, 6) is 0.433. The Hall–Kier alpha value is -1.40. The summed E-state index contributed by atoms with van der Waals surface area (Å²) in [6.45, 7) is 4.28. The van der Waals surface area contributed by atoms with Gasteiger partial charge in [0.15, 0.2) is 5.82 Å². The van der Waals surface area contributed by atoms with Crippen LogP contribution in [-0.2, 0) is 9.53 Å². The van der Waals surface area contributed by atoms with E-state index in [1.165, 1.54) is 0 Å². The minimum absolute atomic E-state index is 0.00719. The number of nitrogens with one attached hydrogen (secondary N) is 2. The quantitative estimate of drug-likeness (QED) is 0.713. The molecule has 4 N–H and O–H groups in total. The predicted molar refractivity (Wildman–Crippen MR) is 63.6 cm³/mol. The molecule has 1 saturated heterocycles. The Morgan fingerprint density at radius 1 is 1.59 bits per heavy atom. The summed E-state index contributed by atoms with van der Waals surface area (Å²) in [6.07, 6.45) is 1.16. The van der Waals surface area contributed by atoms with Crippen LogP contribution in [0.1, 0.15) is 24.1 Å². The van der Waals surface area contributed by atoms with Crippen LogP contribution in [0.15, 0.2) is 0 Å². The molecule has 1 fully saturated rings. The molecule has 1 aromatic rings. The van der Waals surface area contributed by atoms with Crippen molar-refractivity contribution in [2.45, 2.75) is 38.9 Å². The molecule has 1 aliphatic heterocycles. The molecule has 2 atom stereocenters. The highest BCUT2D eigenvalue weighted by molar-refractivity contribution is 5.94. The third-order valence-corrected chi connectivity index (χ3v) is 3.16. The molecule has 2 rings (SSSR count). The van der Waals surface area contributed by atoms with Gasteiger partial charge in [0.25, 0.3) is 5.91 Å². The number of aromatic nitrogens is 2. The Morgan fingerprint density at radius 2 is 2.35 bits per heavy atom. The lowest BCUT2D eigenvalue weighted by Crippen LogP contribution is -2.30. The van der Waals surface area contributed by atoms with Crippen LogP contribution < -0.4 is 11.1 Å². The van der Waals surface area contributed by atoms with E-state index in [0.717, 1.165) is 24.1 Å². The first-order valence-electron chi connectivity index (χ1n) is 5.79. The van der Waals surface area contributed by atoms with Crippen molar-refractivity contribution >= 4 is 11.7 Å². The minimum Gasteiger partial charge on any atom is -0.364 e. The largest absolute Gasteiger partial charge is 0.364 e. The van der Waals surface area contributed by atoms with Crippen LogP contribution in [0, 0.1) is 13.8 Å². The third-order valence-electron chi connectivity index (χ3n) is 3.16. The highest BCUT2D eigenvalue weighted by atomic mass is 16.5. The van der Waals surface area contributed by atoms with Crippen LogP contribution in [0.4, 0.5) is 5.82 Å². The molecule has 2 heterocycles. The van der Waals surface area contributed by atoms with Crippen LogP contribution in [-0.4, -0.2) is 34.9 Å². The van der Waals surface area contributed by atoms with Crippen LogP contribution in [0.25, 0.3) is 0 Å². The Kier molecular flexibility index (Phi) is 3.44. The number of aryl methyl sites for hydroxylation is 1. The molecule has 0 spiro atoms. The highest BCUT2D eigenvalue weighted by Gasteiger charge is 2.30. The standard InChI is InChI=1S/C11H18N4O2/c1-6-7(2)14-15-10(6)13-11(16)9-4-3-8(5-12)17-9/h8-9H,3-5,12H2,1-2H3,(H2,13,14,15,16). The second-order valence-electron chi connectivity index (χ2n) is 4.37. The smallest absolute Gasteiger partial charge is 0.254 e. The van der Waals surface area contributed by atoms with Crippen molar-refractivity contribution in [3.8, 4) is 0 Å². The average molecular weight is 238 g/mol. The summed E-state index contributed by atoms with van der Waals surface area (Å²) < 4.78 is 5.52. The second-order valence-corrected chi connectivity index (χ2v) is 4.37. The fourth-order valence-electron chi connectivity index (χ4n) is 1.88. The van der Waals surface area contributed by atoms with E-state index in [4.69, 9.17) is 10.5 Å². The molecule has 1 amide bonds. The number of amides is 1. The number of aromatic amines is 1. The first-order valence-corrected chi connectivity index (χ1v) is 5.79. The van der Waals surface area contributed by atoms with Gasteiger partial charge in [-0.05, 0) is 26.7 Å². The van der Waals surface area contributed by atoms with Gasteiger partial charge in [0.05, 0.1) is 6.10 Å². The zero-order chi connectivity index (χ0) is 12.4. The Bertz CT molecular complexity index is 416. The van der Waals surface area contributed by atoms with Crippen LogP contribution >= 0.6 is 0 Å². The van der Waals surface area contributed by atoms with Crippen molar-refractivity contribution in [2.24, 2.45) is 5.73 Å². The Balaban J connectivity index is 1.96. The number of H-pyrrole nitrogens is 1. The zero-order valence-corrected chi connectivity index (χ0v) is 10.1. The van der Waals surface area contributed by atoms with Gasteiger partial charge >= 0.3 is 0 Å². The molecular weight excluding hydrogens is 220 g/mol. The molecule has 17 heavy (non-hydrogen) atoms. The first-order chi connectivity index (χ1) is 8.11. The maximum atomic E-state index is 11.9. The molecule has 1 aliphatic rings. The van der Waals surface area contributed by atoms with Crippen molar-refractivity contribution in [3.63, 3.8) is 0 Å². The number of anilines is 1. The molecule has 0 aromatic carbocycles. The van der Waals surface area contributed by atoms with Gasteiger partial charge in [-0.1, -0.05) is 0 Å². The van der Waals surface area contributed by atoms with E-state index in [2.05, 4.69) is 15.5 Å². The van der Waals surface area contributed by atoms with Gasteiger partial charge in [-0.15, -0.1) is 0 Å². The molecule has 0 radical (unpaired) electrons. The molecule has 0 saturated carbocycles. The number of hydrogen-bond donors (Lipinski definition) is 3. The number of rotatable bonds is 3. The average Bonchev–Trinajstić information content (AvgIpc) is 2.91. The summed E-state index contributed by atoms with van der Waals surface area (Å²) in [5, 5.41) is 9.63. The molecule has 2 unspecified atom stereocenters. The van der Waals surface area contributed by atoms with Gasteiger partial charge in [0.1, 0.15) is 6.10 Å². The van der Waals surface area contributed by atoms with Gasteiger partial charge in [-0.2, -0.15) is 5.10 Å². The lowest BCUT2D eigenvalue weighted by molar-refractivity contribution is -0.126. The lowest BCUT2D eigenvalue weighted by Gasteiger charge is -2.11. The Morgan fingerprint density at radius 3 is 2.88 bits per heavy atom. The van der Waals surface area contributed by atoms with Crippen LogP contribution in [0.5, 0.6) is 0 Å². The van der Waals surface area contributed by atoms with E-state index in [0.29, 0.717) is 12.4 Å². The van der Waals surface area contributed by atoms with Crippen molar-refractivity contribution < 1.29 is 9.53 Å². The summed E-state index contributed by atoms with van der Waals surface area (Å²) in [4.78, 5) is 11.9. The zero-order valence-electron chi connectivity index (χ0n) is 10.1. The number of nitrogens with two attached hydrogens (primary N) is 1. The second kappa shape index (κ2) is 4.85. The normalized spacial score (nSPS) is 23.9. The number of hydrogen-bond acceptors (Lipinski definition) is 4. The lowest BCUT2D eigenvalue weighted by atomic mass is 10.2. The molecule has 0 aliphatic carbocycles. The summed E-state index contributed by atoms with van der Waals surface area (Å²) in [7, 11) is 0. The van der Waals surface area contributed by atoms with E-state index in [1.54, 1.807) is 0 Å². The number of carbonyl (C=O) groups is 1. The molecule has 94 valence electrons. The van der Waals surface area contributed by atoms with Crippen LogP contribution in [0.2, 0.25) is 0 Å². The number of nitrogens with zero attached hydrogens (tertiary/aromatic N) is 1. The van der Waals surface area contributed by atoms with Gasteiger partial charge in [0.2, 0.25) is 0 Å². The number of ether oxygens (including phenoxy) is 1. The monoisotopic (exact) mass is 238 g/mol. The highest BCUT2D eigenvalue weighted by Crippen LogP contribution is 2.21. The summed E-state index contributed by atoms with van der Waals surface area (Å²) in [5.41, 5.74) is 7.40. The van der Waals surface area contributed by atoms with E-state index in [-0.39, 0.29) is 12.0 Å². The molecule has 6 nitrogen and oxygen atoms in total. The molecule has 1 aromatic heterocycles.